The van der Waals surface area contributed by atoms with Gasteiger partial charge in [0.2, 0.25) is 5.91 Å². The van der Waals surface area contributed by atoms with Gasteiger partial charge < -0.3 is 16.2 Å². The third-order valence-corrected chi connectivity index (χ3v) is 7.40. The van der Waals surface area contributed by atoms with Gasteiger partial charge in [-0.25, -0.2) is 4.79 Å². The van der Waals surface area contributed by atoms with Crippen LogP contribution in [0.1, 0.15) is 17.4 Å². The molecule has 0 radical (unpaired) electrons. The van der Waals surface area contributed by atoms with Crippen LogP contribution >= 0.6 is 23.5 Å². The lowest BCUT2D eigenvalue weighted by atomic mass is 10.0. The predicted octanol–water partition coefficient (Wildman–Crippen LogP) is -0.118. The van der Waals surface area contributed by atoms with E-state index in [1.54, 1.807) is 31.3 Å². The number of carboxylic acids is 1. The highest BCUT2D eigenvalue weighted by Gasteiger charge is 2.54. The molecule has 3 atom stereocenters. The first kappa shape index (κ1) is 22.3. The van der Waals surface area contributed by atoms with E-state index in [-0.39, 0.29) is 5.70 Å². The molecule has 32 heavy (non-hydrogen) atoms. The average Bonchev–Trinajstić information content (AvgIpc) is 3.21. The summed E-state index contributed by atoms with van der Waals surface area (Å²) in [5.41, 5.74) is 7.28. The van der Waals surface area contributed by atoms with E-state index in [1.165, 1.54) is 33.2 Å². The van der Waals surface area contributed by atoms with Crippen molar-refractivity contribution in [1.82, 2.24) is 30.4 Å². The maximum atomic E-state index is 12.8. The molecule has 2 aliphatic rings. The number of aryl methyl sites for hydroxylation is 1. The summed E-state index contributed by atoms with van der Waals surface area (Å²) >= 11 is 2.87. The Morgan fingerprint density at radius 3 is 2.75 bits per heavy atom. The quantitative estimate of drug-likeness (QED) is 0.440. The summed E-state index contributed by atoms with van der Waals surface area (Å²) in [4.78, 5) is 39.9. The molecule has 0 aliphatic carbocycles. The van der Waals surface area contributed by atoms with Crippen LogP contribution in [0.2, 0.25) is 0 Å². The first-order valence-electron chi connectivity index (χ1n) is 9.68. The minimum atomic E-state index is -1.16. The Kier molecular flexibility index (Phi) is 6.48. The van der Waals surface area contributed by atoms with Crippen molar-refractivity contribution in [3.05, 3.63) is 53.0 Å². The van der Waals surface area contributed by atoms with Crippen molar-refractivity contribution in [2.24, 2.45) is 12.8 Å². The minimum Gasteiger partial charge on any atom is -0.477 e. The number of tetrazole rings is 1. The molecule has 1 fully saturated rings. The first-order valence-corrected chi connectivity index (χ1v) is 11.9. The first-order chi connectivity index (χ1) is 15.4. The fraction of sp³-hybridized carbons (Fsp3) is 0.368. The van der Waals surface area contributed by atoms with Crippen LogP contribution in [0.3, 0.4) is 0 Å². The van der Waals surface area contributed by atoms with Gasteiger partial charge in [0, 0.05) is 11.5 Å². The Morgan fingerprint density at radius 2 is 2.09 bits per heavy atom. The molecule has 1 aromatic carbocycles. The summed E-state index contributed by atoms with van der Waals surface area (Å²) in [5, 5.41) is 23.7. The van der Waals surface area contributed by atoms with Crippen LogP contribution in [0.25, 0.3) is 0 Å². The Hall–Kier alpha value is -2.90. The molecular weight excluding hydrogens is 454 g/mol. The summed E-state index contributed by atoms with van der Waals surface area (Å²) in [5.74, 6) is -0.216. The molecule has 0 bridgehead atoms. The summed E-state index contributed by atoms with van der Waals surface area (Å²) in [6.45, 7) is 0. The number of benzene rings is 1. The van der Waals surface area contributed by atoms with Crippen LogP contribution in [0.4, 0.5) is 0 Å². The average molecular weight is 476 g/mol. The van der Waals surface area contributed by atoms with Gasteiger partial charge in [-0.2, -0.15) is 4.80 Å². The Labute approximate surface area is 191 Å². The van der Waals surface area contributed by atoms with Gasteiger partial charge >= 0.3 is 5.97 Å². The van der Waals surface area contributed by atoms with E-state index in [1.807, 2.05) is 6.07 Å². The molecule has 11 nitrogen and oxygen atoms in total. The highest BCUT2D eigenvalue weighted by atomic mass is 32.2. The molecule has 2 aromatic rings. The number of rotatable bonds is 8. The SMILES string of the molecule is Cn1nnc(CSCC2=C(C(=O)O)N3C(=O)[C@@H](NC(=O)[C@H](N)c4ccccc4)[C@H]3SC2)n1. The molecule has 168 valence electrons. The van der Waals surface area contributed by atoms with Crippen molar-refractivity contribution in [3.8, 4) is 0 Å². The molecule has 1 saturated heterocycles. The normalized spacial score (nSPS) is 21.1. The maximum absolute atomic E-state index is 12.8. The number of thioether (sulfide) groups is 2. The topological polar surface area (TPSA) is 156 Å². The van der Waals surface area contributed by atoms with Gasteiger partial charge in [-0.05, 0) is 16.3 Å². The van der Waals surface area contributed by atoms with E-state index in [9.17, 15) is 19.5 Å². The Bertz CT molecular complexity index is 1070. The fourth-order valence-corrected chi connectivity index (χ4v) is 5.86. The third kappa shape index (κ3) is 4.36. The van der Waals surface area contributed by atoms with Gasteiger partial charge in [0.15, 0.2) is 5.82 Å². The van der Waals surface area contributed by atoms with Crippen molar-refractivity contribution >= 4 is 41.3 Å². The van der Waals surface area contributed by atoms with E-state index in [0.717, 1.165) is 0 Å². The number of hydrogen-bond acceptors (Lipinski definition) is 9. The van der Waals surface area contributed by atoms with Gasteiger partial charge in [-0.15, -0.1) is 33.7 Å². The number of aromatic nitrogens is 4. The Balaban J connectivity index is 1.41. The minimum absolute atomic E-state index is 0.0174. The van der Waals surface area contributed by atoms with Gasteiger partial charge in [0.25, 0.3) is 5.91 Å². The molecular formula is C19H21N7O4S2. The van der Waals surface area contributed by atoms with Gasteiger partial charge in [-0.1, -0.05) is 30.3 Å². The lowest BCUT2D eigenvalue weighted by Crippen LogP contribution is -2.71. The van der Waals surface area contributed by atoms with Crippen LogP contribution < -0.4 is 11.1 Å². The lowest BCUT2D eigenvalue weighted by Gasteiger charge is -2.49. The number of nitrogens with two attached hydrogens (primary N) is 1. The summed E-state index contributed by atoms with van der Waals surface area (Å²) in [6.07, 6.45) is 0. The van der Waals surface area contributed by atoms with Crippen LogP contribution in [-0.4, -0.2) is 70.9 Å². The molecule has 0 spiro atoms. The second-order valence-electron chi connectivity index (χ2n) is 7.23. The zero-order chi connectivity index (χ0) is 22.8. The summed E-state index contributed by atoms with van der Waals surface area (Å²) < 4.78 is 0. The van der Waals surface area contributed by atoms with Crippen molar-refractivity contribution in [1.29, 1.82) is 0 Å². The highest BCUT2D eigenvalue weighted by molar-refractivity contribution is 8.00. The number of nitrogens with zero attached hydrogens (tertiary/aromatic N) is 5. The lowest BCUT2D eigenvalue weighted by molar-refractivity contribution is -0.150. The number of nitrogens with one attached hydrogen (secondary N) is 1. The van der Waals surface area contributed by atoms with E-state index < -0.39 is 35.2 Å². The number of hydrogen-bond donors (Lipinski definition) is 3. The zero-order valence-electron chi connectivity index (χ0n) is 17.0. The largest absolute Gasteiger partial charge is 0.477 e. The maximum Gasteiger partial charge on any atom is 0.352 e. The molecule has 1 aromatic heterocycles. The van der Waals surface area contributed by atoms with Crippen LogP contribution in [-0.2, 0) is 27.2 Å². The number of amides is 2. The molecule has 2 amide bonds. The second-order valence-corrected chi connectivity index (χ2v) is 9.32. The van der Waals surface area contributed by atoms with Gasteiger partial charge in [-0.3, -0.25) is 14.5 Å². The zero-order valence-corrected chi connectivity index (χ0v) is 18.7. The van der Waals surface area contributed by atoms with Crippen molar-refractivity contribution < 1.29 is 19.5 Å². The number of aliphatic carboxylic acids is 1. The fourth-order valence-electron chi connectivity index (χ4n) is 3.50. The van der Waals surface area contributed by atoms with Gasteiger partial charge in [0.05, 0.1) is 12.8 Å². The van der Waals surface area contributed by atoms with Crippen molar-refractivity contribution in [2.45, 2.75) is 23.2 Å². The molecule has 0 saturated carbocycles. The third-order valence-electron chi connectivity index (χ3n) is 5.05. The van der Waals surface area contributed by atoms with Crippen molar-refractivity contribution in [2.75, 3.05) is 11.5 Å². The van der Waals surface area contributed by atoms with E-state index in [0.29, 0.717) is 34.2 Å². The number of carbonyl (C=O) groups excluding carboxylic acids is 2. The standard InChI is InChI=1S/C19H21N7O4S2/c1-25-23-12(22-24-25)9-31-7-11-8-32-18-14(17(28)26(18)15(11)19(29)30)21-16(27)13(20)10-5-3-2-4-6-10/h2-6,13-14,18H,7-9,20H2,1H3,(H,21,27)(H,29,30)/t13-,14-,18-/m1/s1. The molecule has 3 heterocycles. The number of β-lactam (4-membered cyclic amide) rings is 1. The van der Waals surface area contributed by atoms with Crippen LogP contribution in [0.5, 0.6) is 0 Å². The smallest absolute Gasteiger partial charge is 0.352 e. The molecule has 4 rings (SSSR count). The van der Waals surface area contributed by atoms with Crippen LogP contribution in [0, 0.1) is 0 Å². The Morgan fingerprint density at radius 1 is 1.34 bits per heavy atom. The van der Waals surface area contributed by atoms with Crippen LogP contribution in [0.15, 0.2) is 41.6 Å². The number of fused-ring (bicyclic) bond motifs is 1. The van der Waals surface area contributed by atoms with Gasteiger partial charge in [0.1, 0.15) is 23.2 Å². The van der Waals surface area contributed by atoms with E-state index >= 15 is 0 Å². The second kappa shape index (κ2) is 9.30. The predicted molar refractivity (Wildman–Crippen MR) is 118 cm³/mol. The molecule has 0 unspecified atom stereocenters. The highest BCUT2D eigenvalue weighted by Crippen LogP contribution is 2.41. The number of carboxylic acid groups (broad SMARTS) is 1. The monoisotopic (exact) mass is 475 g/mol. The summed E-state index contributed by atoms with van der Waals surface area (Å²) in [6, 6.07) is 7.12. The molecule has 4 N–H and O–H groups in total. The number of carbonyl (C=O) groups is 3. The molecule has 2 aliphatic heterocycles. The van der Waals surface area contributed by atoms with E-state index in [2.05, 4.69) is 20.7 Å². The molecule has 13 heteroatoms. The summed E-state index contributed by atoms with van der Waals surface area (Å²) in [7, 11) is 1.67. The van der Waals surface area contributed by atoms with E-state index in [4.69, 9.17) is 5.73 Å². The van der Waals surface area contributed by atoms with Crippen molar-refractivity contribution in [3.63, 3.8) is 0 Å².